The standard InChI is InChI=1S/C10H14O/c1-2-4-9-5-3-6-10(7-9)8-11/h3,5-7,11H,2,4,8H2,1H3. The molecule has 0 saturated heterocycles. The van der Waals surface area contributed by atoms with Crippen LogP contribution in [0.1, 0.15) is 24.5 Å². The van der Waals surface area contributed by atoms with Crippen molar-refractivity contribution in [2.24, 2.45) is 0 Å². The Morgan fingerprint density at radius 2 is 2.00 bits per heavy atom. The summed E-state index contributed by atoms with van der Waals surface area (Å²) in [6.07, 6.45) is 2.27. The van der Waals surface area contributed by atoms with Gasteiger partial charge >= 0.3 is 0 Å². The number of aryl methyl sites for hydroxylation is 1. The predicted molar refractivity (Wildman–Crippen MR) is 46.4 cm³/mol. The molecule has 11 heavy (non-hydrogen) atoms. The number of aliphatic hydroxyl groups is 1. The lowest BCUT2D eigenvalue weighted by molar-refractivity contribution is 0.281. The minimum absolute atomic E-state index is 0.150. The van der Waals surface area contributed by atoms with Gasteiger partial charge in [-0.2, -0.15) is 0 Å². The van der Waals surface area contributed by atoms with Crippen LogP contribution in [0, 0.1) is 0 Å². The Kier molecular flexibility index (Phi) is 3.12. The van der Waals surface area contributed by atoms with Crippen LogP contribution in [0.3, 0.4) is 0 Å². The summed E-state index contributed by atoms with van der Waals surface area (Å²) in [5.41, 5.74) is 2.33. The van der Waals surface area contributed by atoms with Gasteiger partial charge in [-0.25, -0.2) is 0 Å². The molecule has 0 aromatic heterocycles. The Balaban J connectivity index is 2.74. The summed E-state index contributed by atoms with van der Waals surface area (Å²) < 4.78 is 0. The zero-order valence-corrected chi connectivity index (χ0v) is 6.88. The molecule has 0 unspecified atom stereocenters. The van der Waals surface area contributed by atoms with E-state index in [0.29, 0.717) is 0 Å². The fourth-order valence-electron chi connectivity index (χ4n) is 1.17. The number of benzene rings is 1. The van der Waals surface area contributed by atoms with Crippen molar-refractivity contribution in [1.82, 2.24) is 0 Å². The Labute approximate surface area is 67.7 Å². The van der Waals surface area contributed by atoms with E-state index in [1.54, 1.807) is 0 Å². The van der Waals surface area contributed by atoms with E-state index in [9.17, 15) is 0 Å². The van der Waals surface area contributed by atoms with E-state index in [1.165, 1.54) is 5.56 Å². The average Bonchev–Trinajstić information content (AvgIpc) is 2.06. The molecule has 0 fully saturated rings. The molecule has 0 bridgehead atoms. The zero-order chi connectivity index (χ0) is 8.10. The molecule has 60 valence electrons. The van der Waals surface area contributed by atoms with Crippen molar-refractivity contribution >= 4 is 0 Å². The van der Waals surface area contributed by atoms with Gasteiger partial charge in [-0.05, 0) is 17.5 Å². The Morgan fingerprint density at radius 1 is 1.27 bits per heavy atom. The molecule has 0 radical (unpaired) electrons. The molecule has 1 aromatic rings. The zero-order valence-electron chi connectivity index (χ0n) is 6.88. The van der Waals surface area contributed by atoms with Gasteiger partial charge in [0.2, 0.25) is 0 Å². The molecule has 1 N–H and O–H groups in total. The van der Waals surface area contributed by atoms with Gasteiger partial charge in [0.25, 0.3) is 0 Å². The third-order valence-corrected chi connectivity index (χ3v) is 1.71. The van der Waals surface area contributed by atoms with Crippen molar-refractivity contribution in [3.63, 3.8) is 0 Å². The summed E-state index contributed by atoms with van der Waals surface area (Å²) in [6, 6.07) is 8.10. The molecule has 0 amide bonds. The number of hydrogen-bond acceptors (Lipinski definition) is 1. The largest absolute Gasteiger partial charge is 0.392 e. The quantitative estimate of drug-likeness (QED) is 0.699. The molecule has 1 aromatic carbocycles. The van der Waals surface area contributed by atoms with Crippen LogP contribution in [0.4, 0.5) is 0 Å². The second-order valence-corrected chi connectivity index (χ2v) is 2.73. The van der Waals surface area contributed by atoms with E-state index in [0.717, 1.165) is 18.4 Å². The maximum Gasteiger partial charge on any atom is 0.0681 e. The minimum Gasteiger partial charge on any atom is -0.392 e. The summed E-state index contributed by atoms with van der Waals surface area (Å²) >= 11 is 0. The molecule has 0 atom stereocenters. The van der Waals surface area contributed by atoms with Gasteiger partial charge in [0, 0.05) is 0 Å². The van der Waals surface area contributed by atoms with Gasteiger partial charge in [0.15, 0.2) is 0 Å². The van der Waals surface area contributed by atoms with Gasteiger partial charge in [-0.1, -0.05) is 37.6 Å². The van der Waals surface area contributed by atoms with Crippen LogP contribution in [-0.2, 0) is 13.0 Å². The molecular formula is C10H14O. The van der Waals surface area contributed by atoms with Crippen LogP contribution in [0.2, 0.25) is 0 Å². The van der Waals surface area contributed by atoms with Gasteiger partial charge in [0.1, 0.15) is 0 Å². The predicted octanol–water partition coefficient (Wildman–Crippen LogP) is 2.13. The fourth-order valence-corrected chi connectivity index (χ4v) is 1.17. The van der Waals surface area contributed by atoms with E-state index in [1.807, 2.05) is 12.1 Å². The molecule has 0 aliphatic carbocycles. The summed E-state index contributed by atoms with van der Waals surface area (Å²) in [7, 11) is 0. The lowest BCUT2D eigenvalue weighted by Gasteiger charge is -2.00. The fraction of sp³-hybridized carbons (Fsp3) is 0.400. The van der Waals surface area contributed by atoms with Gasteiger partial charge in [-0.15, -0.1) is 0 Å². The highest BCUT2D eigenvalue weighted by Crippen LogP contribution is 2.06. The third kappa shape index (κ3) is 2.35. The van der Waals surface area contributed by atoms with E-state index in [4.69, 9.17) is 5.11 Å². The molecule has 0 heterocycles. The van der Waals surface area contributed by atoms with Crippen molar-refractivity contribution in [1.29, 1.82) is 0 Å². The van der Waals surface area contributed by atoms with Crippen LogP contribution < -0.4 is 0 Å². The summed E-state index contributed by atoms with van der Waals surface area (Å²) in [5.74, 6) is 0. The van der Waals surface area contributed by atoms with Gasteiger partial charge in [-0.3, -0.25) is 0 Å². The molecule has 1 rings (SSSR count). The number of rotatable bonds is 3. The van der Waals surface area contributed by atoms with Crippen LogP contribution >= 0.6 is 0 Å². The highest BCUT2D eigenvalue weighted by atomic mass is 16.3. The Morgan fingerprint density at radius 3 is 2.64 bits per heavy atom. The molecular weight excluding hydrogens is 136 g/mol. The van der Waals surface area contributed by atoms with E-state index < -0.39 is 0 Å². The second kappa shape index (κ2) is 4.14. The molecule has 1 nitrogen and oxygen atoms in total. The molecule has 0 saturated carbocycles. The number of aliphatic hydroxyl groups excluding tert-OH is 1. The maximum atomic E-state index is 8.83. The van der Waals surface area contributed by atoms with Crippen molar-refractivity contribution in [3.8, 4) is 0 Å². The number of hydrogen-bond donors (Lipinski definition) is 1. The molecule has 0 aliphatic heterocycles. The highest BCUT2D eigenvalue weighted by Gasteiger charge is 1.92. The van der Waals surface area contributed by atoms with Gasteiger partial charge < -0.3 is 5.11 Å². The first-order valence-corrected chi connectivity index (χ1v) is 4.05. The van der Waals surface area contributed by atoms with Crippen LogP contribution in [0.15, 0.2) is 24.3 Å². The van der Waals surface area contributed by atoms with Crippen LogP contribution in [-0.4, -0.2) is 5.11 Å². The van der Waals surface area contributed by atoms with Crippen molar-refractivity contribution < 1.29 is 5.11 Å². The monoisotopic (exact) mass is 150 g/mol. The summed E-state index contributed by atoms with van der Waals surface area (Å²) in [6.45, 7) is 2.31. The second-order valence-electron chi connectivity index (χ2n) is 2.73. The van der Waals surface area contributed by atoms with E-state index >= 15 is 0 Å². The van der Waals surface area contributed by atoms with Gasteiger partial charge in [0.05, 0.1) is 6.61 Å². The topological polar surface area (TPSA) is 20.2 Å². The molecule has 0 aliphatic rings. The normalized spacial score (nSPS) is 10.0. The highest BCUT2D eigenvalue weighted by molar-refractivity contribution is 5.22. The van der Waals surface area contributed by atoms with Crippen molar-refractivity contribution in [3.05, 3.63) is 35.4 Å². The lowest BCUT2D eigenvalue weighted by Crippen LogP contribution is -1.87. The van der Waals surface area contributed by atoms with Crippen molar-refractivity contribution in [2.45, 2.75) is 26.4 Å². The smallest absolute Gasteiger partial charge is 0.0681 e. The van der Waals surface area contributed by atoms with Crippen LogP contribution in [0.5, 0.6) is 0 Å². The first-order chi connectivity index (χ1) is 5.36. The first kappa shape index (κ1) is 8.28. The van der Waals surface area contributed by atoms with Crippen molar-refractivity contribution in [2.75, 3.05) is 0 Å². The van der Waals surface area contributed by atoms with E-state index in [-0.39, 0.29) is 6.61 Å². The third-order valence-electron chi connectivity index (χ3n) is 1.71. The lowest BCUT2D eigenvalue weighted by atomic mass is 10.1. The molecule has 1 heteroatoms. The minimum atomic E-state index is 0.150. The van der Waals surface area contributed by atoms with E-state index in [2.05, 4.69) is 19.1 Å². The Bertz CT molecular complexity index is 218. The Hall–Kier alpha value is -0.820. The SMILES string of the molecule is CCCc1cccc(CO)c1. The average molecular weight is 150 g/mol. The maximum absolute atomic E-state index is 8.83. The van der Waals surface area contributed by atoms with Crippen LogP contribution in [0.25, 0.3) is 0 Å². The summed E-state index contributed by atoms with van der Waals surface area (Å²) in [5, 5.41) is 8.83. The molecule has 0 spiro atoms. The summed E-state index contributed by atoms with van der Waals surface area (Å²) in [4.78, 5) is 0. The first-order valence-electron chi connectivity index (χ1n) is 4.05.